The molecule has 0 aromatic carbocycles. The topological polar surface area (TPSA) is 99.6 Å². The summed E-state index contributed by atoms with van der Waals surface area (Å²) in [5, 5.41) is 8.90. The van der Waals surface area contributed by atoms with Crippen LogP contribution in [-0.2, 0) is 21.4 Å². The van der Waals surface area contributed by atoms with Gasteiger partial charge in [0.05, 0.1) is 5.92 Å². The molecule has 0 unspecified atom stereocenters. The SMILES string of the molecule is O=C(O)C1CCN(S(=O)(=O)NCCc2ccccn2)CC1. The normalized spacial score (nSPS) is 17.7. The molecule has 0 amide bonds. The van der Waals surface area contributed by atoms with Crippen LogP contribution in [0, 0.1) is 5.92 Å². The van der Waals surface area contributed by atoms with Crippen LogP contribution in [0.2, 0.25) is 0 Å². The van der Waals surface area contributed by atoms with E-state index in [1.54, 1.807) is 12.3 Å². The van der Waals surface area contributed by atoms with E-state index in [4.69, 9.17) is 5.11 Å². The number of nitrogens with zero attached hydrogens (tertiary/aromatic N) is 2. The minimum absolute atomic E-state index is 0.246. The van der Waals surface area contributed by atoms with Crippen molar-refractivity contribution in [3.63, 3.8) is 0 Å². The zero-order valence-electron chi connectivity index (χ0n) is 11.6. The number of pyridine rings is 1. The average molecular weight is 313 g/mol. The van der Waals surface area contributed by atoms with Crippen LogP contribution in [0.25, 0.3) is 0 Å². The lowest BCUT2D eigenvalue weighted by Gasteiger charge is -2.29. The summed E-state index contributed by atoms with van der Waals surface area (Å²) in [5.74, 6) is -1.29. The molecule has 0 spiro atoms. The van der Waals surface area contributed by atoms with Crippen molar-refractivity contribution in [1.82, 2.24) is 14.0 Å². The van der Waals surface area contributed by atoms with Crippen LogP contribution < -0.4 is 4.72 Å². The summed E-state index contributed by atoms with van der Waals surface area (Å²) in [7, 11) is -3.54. The van der Waals surface area contributed by atoms with Gasteiger partial charge in [-0.15, -0.1) is 0 Å². The molecular weight excluding hydrogens is 294 g/mol. The molecule has 1 aromatic heterocycles. The Labute approximate surface area is 124 Å². The van der Waals surface area contributed by atoms with E-state index in [-0.39, 0.29) is 19.6 Å². The van der Waals surface area contributed by atoms with E-state index in [0.717, 1.165) is 5.69 Å². The van der Waals surface area contributed by atoms with Gasteiger partial charge < -0.3 is 5.11 Å². The van der Waals surface area contributed by atoms with Crippen molar-refractivity contribution in [2.45, 2.75) is 19.3 Å². The van der Waals surface area contributed by atoms with Gasteiger partial charge in [0.2, 0.25) is 0 Å². The Morgan fingerprint density at radius 2 is 2.10 bits per heavy atom. The number of carboxylic acids is 1. The molecule has 7 nitrogen and oxygen atoms in total. The first-order valence-corrected chi connectivity index (χ1v) is 8.30. The third-order valence-electron chi connectivity index (χ3n) is 3.53. The summed E-state index contributed by atoms with van der Waals surface area (Å²) in [6, 6.07) is 5.50. The number of carboxylic acid groups (broad SMARTS) is 1. The van der Waals surface area contributed by atoms with E-state index >= 15 is 0 Å². The quantitative estimate of drug-likeness (QED) is 0.784. The molecule has 0 aliphatic carbocycles. The number of piperidine rings is 1. The van der Waals surface area contributed by atoms with Gasteiger partial charge in [-0.1, -0.05) is 6.07 Å². The minimum atomic E-state index is -3.54. The highest BCUT2D eigenvalue weighted by molar-refractivity contribution is 7.87. The fourth-order valence-corrected chi connectivity index (χ4v) is 3.52. The molecule has 1 saturated heterocycles. The summed E-state index contributed by atoms with van der Waals surface area (Å²) in [6.45, 7) is 0.768. The molecule has 2 heterocycles. The first-order valence-electron chi connectivity index (χ1n) is 6.86. The molecule has 0 radical (unpaired) electrons. The number of hydrogen-bond acceptors (Lipinski definition) is 4. The number of nitrogens with one attached hydrogen (secondary N) is 1. The Morgan fingerprint density at radius 1 is 1.38 bits per heavy atom. The van der Waals surface area contributed by atoms with Crippen molar-refractivity contribution < 1.29 is 18.3 Å². The van der Waals surface area contributed by atoms with Crippen LogP contribution >= 0.6 is 0 Å². The smallest absolute Gasteiger partial charge is 0.306 e. The molecule has 1 aliphatic rings. The summed E-state index contributed by atoms with van der Waals surface area (Å²) in [5.41, 5.74) is 0.824. The minimum Gasteiger partial charge on any atom is -0.481 e. The maximum absolute atomic E-state index is 12.1. The van der Waals surface area contributed by atoms with E-state index in [2.05, 4.69) is 9.71 Å². The van der Waals surface area contributed by atoms with Crippen LogP contribution in [0.4, 0.5) is 0 Å². The van der Waals surface area contributed by atoms with Crippen molar-refractivity contribution in [3.8, 4) is 0 Å². The second-order valence-corrected chi connectivity index (χ2v) is 6.74. The van der Waals surface area contributed by atoms with Crippen molar-refractivity contribution >= 4 is 16.2 Å². The predicted molar refractivity (Wildman–Crippen MR) is 76.8 cm³/mol. The van der Waals surface area contributed by atoms with E-state index in [9.17, 15) is 13.2 Å². The lowest BCUT2D eigenvalue weighted by molar-refractivity contribution is -0.142. The van der Waals surface area contributed by atoms with Crippen LogP contribution in [0.3, 0.4) is 0 Å². The van der Waals surface area contributed by atoms with Crippen molar-refractivity contribution in [3.05, 3.63) is 30.1 Å². The number of rotatable bonds is 6. The fourth-order valence-electron chi connectivity index (χ4n) is 2.29. The van der Waals surface area contributed by atoms with Crippen molar-refractivity contribution in [2.24, 2.45) is 5.92 Å². The predicted octanol–water partition coefficient (Wildman–Crippen LogP) is 0.255. The fraction of sp³-hybridized carbons (Fsp3) is 0.538. The second kappa shape index (κ2) is 6.97. The monoisotopic (exact) mass is 313 g/mol. The Kier molecular flexibility index (Phi) is 5.27. The highest BCUT2D eigenvalue weighted by Crippen LogP contribution is 2.19. The molecule has 1 fully saturated rings. The van der Waals surface area contributed by atoms with Crippen LogP contribution in [-0.4, -0.2) is 48.4 Å². The Balaban J connectivity index is 1.81. The van der Waals surface area contributed by atoms with Gasteiger partial charge in [0.15, 0.2) is 0 Å². The third-order valence-corrected chi connectivity index (χ3v) is 5.15. The van der Waals surface area contributed by atoms with Crippen molar-refractivity contribution in [2.75, 3.05) is 19.6 Å². The molecule has 21 heavy (non-hydrogen) atoms. The molecule has 1 aliphatic heterocycles. The molecule has 116 valence electrons. The largest absolute Gasteiger partial charge is 0.481 e. The molecule has 1 aromatic rings. The number of aromatic nitrogens is 1. The summed E-state index contributed by atoms with van der Waals surface area (Å²) >= 11 is 0. The lowest BCUT2D eigenvalue weighted by atomic mass is 9.99. The van der Waals surface area contributed by atoms with Crippen molar-refractivity contribution in [1.29, 1.82) is 0 Å². The zero-order valence-corrected chi connectivity index (χ0v) is 12.4. The van der Waals surface area contributed by atoms with Gasteiger partial charge in [-0.2, -0.15) is 12.7 Å². The zero-order chi connectivity index (χ0) is 15.3. The summed E-state index contributed by atoms with van der Waals surface area (Å²) < 4.78 is 28.0. The maximum atomic E-state index is 12.1. The van der Waals surface area contributed by atoms with Crippen LogP contribution in [0.1, 0.15) is 18.5 Å². The van der Waals surface area contributed by atoms with Gasteiger partial charge in [0.25, 0.3) is 10.2 Å². The van der Waals surface area contributed by atoms with E-state index in [1.165, 1.54) is 4.31 Å². The molecule has 2 rings (SSSR count). The summed E-state index contributed by atoms with van der Waals surface area (Å²) in [6.07, 6.45) is 2.90. The molecular formula is C13H19N3O4S. The van der Waals surface area contributed by atoms with E-state index < -0.39 is 22.1 Å². The number of aliphatic carboxylic acids is 1. The van der Waals surface area contributed by atoms with E-state index in [1.807, 2.05) is 12.1 Å². The first-order chi connectivity index (χ1) is 9.99. The molecule has 8 heteroatoms. The maximum Gasteiger partial charge on any atom is 0.306 e. The molecule has 2 N–H and O–H groups in total. The highest BCUT2D eigenvalue weighted by atomic mass is 32.2. The Bertz CT molecular complexity index is 568. The Morgan fingerprint density at radius 3 is 2.67 bits per heavy atom. The lowest BCUT2D eigenvalue weighted by Crippen LogP contribution is -2.46. The third kappa shape index (κ3) is 4.48. The van der Waals surface area contributed by atoms with Gasteiger partial charge >= 0.3 is 5.97 Å². The van der Waals surface area contributed by atoms with Crippen LogP contribution in [0.15, 0.2) is 24.4 Å². The first kappa shape index (κ1) is 15.9. The van der Waals surface area contributed by atoms with Gasteiger partial charge in [0, 0.05) is 37.9 Å². The van der Waals surface area contributed by atoms with Crippen LogP contribution in [0.5, 0.6) is 0 Å². The standard InChI is InChI=1S/C13H19N3O4S/c17-13(18)11-5-9-16(10-6-11)21(19,20)15-8-4-12-3-1-2-7-14-12/h1-3,7,11,15H,4-6,8-10H2,(H,17,18). The van der Waals surface area contributed by atoms with Gasteiger partial charge in [-0.25, -0.2) is 4.72 Å². The number of carbonyl (C=O) groups is 1. The van der Waals surface area contributed by atoms with E-state index in [0.29, 0.717) is 19.3 Å². The number of hydrogen-bond donors (Lipinski definition) is 2. The Hall–Kier alpha value is -1.51. The highest BCUT2D eigenvalue weighted by Gasteiger charge is 2.30. The molecule has 0 atom stereocenters. The molecule has 0 saturated carbocycles. The van der Waals surface area contributed by atoms with Gasteiger partial charge in [0.1, 0.15) is 0 Å². The molecule has 0 bridgehead atoms. The second-order valence-electron chi connectivity index (χ2n) is 4.98. The van der Waals surface area contributed by atoms with Gasteiger partial charge in [-0.05, 0) is 25.0 Å². The summed E-state index contributed by atoms with van der Waals surface area (Å²) in [4.78, 5) is 15.0. The average Bonchev–Trinajstić information content (AvgIpc) is 2.48. The van der Waals surface area contributed by atoms with Gasteiger partial charge in [-0.3, -0.25) is 9.78 Å².